The van der Waals surface area contributed by atoms with Crippen LogP contribution in [-0.4, -0.2) is 51.4 Å². The van der Waals surface area contributed by atoms with Crippen LogP contribution in [0.25, 0.3) is 0 Å². The maximum Gasteiger partial charge on any atom is 0.221 e. The number of aliphatic hydroxyl groups is 1. The van der Waals surface area contributed by atoms with Crippen molar-refractivity contribution in [3.05, 3.63) is 71.7 Å². The Hall–Kier alpha value is -2.41. The molecule has 0 bridgehead atoms. The number of nitrogens with one attached hydrogen (secondary N) is 3. The van der Waals surface area contributed by atoms with Gasteiger partial charge in [0.15, 0.2) is 0 Å². The maximum absolute atomic E-state index is 10.9. The zero-order valence-electron chi connectivity index (χ0n) is 24.5. The second kappa shape index (κ2) is 28.8. The quantitative estimate of drug-likeness (QED) is 0.199. The van der Waals surface area contributed by atoms with E-state index in [1.807, 2.05) is 53.0 Å². The van der Waals surface area contributed by atoms with Gasteiger partial charge in [-0.1, -0.05) is 71.4 Å². The van der Waals surface area contributed by atoms with Gasteiger partial charge in [-0.3, -0.25) is 4.79 Å². The molecule has 0 aromatic rings. The number of methoxy groups -OCH3 is 1. The number of allylic oxidation sites excluding steroid dienone is 6. The van der Waals surface area contributed by atoms with Crippen molar-refractivity contribution in [3.63, 3.8) is 0 Å². The number of hydrogen-bond donors (Lipinski definition) is 4. The summed E-state index contributed by atoms with van der Waals surface area (Å²) < 4.78 is 5.12. The molecule has 0 spiro atoms. The Morgan fingerprint density at radius 3 is 2.33 bits per heavy atom. The minimum Gasteiger partial charge on any atom is -0.497 e. The number of hydrogen-bond acceptors (Lipinski definition) is 5. The van der Waals surface area contributed by atoms with Crippen LogP contribution in [0.2, 0.25) is 0 Å². The van der Waals surface area contributed by atoms with Crippen molar-refractivity contribution in [1.29, 1.82) is 0 Å². The van der Waals surface area contributed by atoms with Crippen LogP contribution in [0.4, 0.5) is 0 Å². The Labute approximate surface area is 222 Å². The molecule has 6 heteroatoms. The molecule has 6 nitrogen and oxygen atoms in total. The first-order valence-corrected chi connectivity index (χ1v) is 13.1. The van der Waals surface area contributed by atoms with Gasteiger partial charge < -0.3 is 25.8 Å². The van der Waals surface area contributed by atoms with Crippen LogP contribution in [0.1, 0.15) is 67.7 Å². The third-order valence-electron chi connectivity index (χ3n) is 4.39. The molecule has 0 saturated heterocycles. The van der Waals surface area contributed by atoms with Gasteiger partial charge in [-0.2, -0.15) is 0 Å². The van der Waals surface area contributed by atoms with Gasteiger partial charge in [-0.05, 0) is 69.2 Å². The highest BCUT2D eigenvalue weighted by atomic mass is 16.5. The second-order valence-corrected chi connectivity index (χ2v) is 8.17. The molecule has 0 heterocycles. The van der Waals surface area contributed by atoms with E-state index in [0.717, 1.165) is 38.2 Å². The number of carbonyl (C=O) groups excluding carboxylic acids is 1. The van der Waals surface area contributed by atoms with Crippen molar-refractivity contribution in [2.75, 3.05) is 40.4 Å². The Morgan fingerprint density at radius 2 is 1.83 bits per heavy atom. The van der Waals surface area contributed by atoms with Gasteiger partial charge in [0, 0.05) is 32.3 Å². The smallest absolute Gasteiger partial charge is 0.221 e. The summed E-state index contributed by atoms with van der Waals surface area (Å²) in [7, 11) is 3.64. The molecule has 4 N–H and O–H groups in total. The molecule has 1 aliphatic rings. The van der Waals surface area contributed by atoms with E-state index < -0.39 is 0 Å². The van der Waals surface area contributed by atoms with Crippen LogP contribution >= 0.6 is 0 Å². The third-order valence-corrected chi connectivity index (χ3v) is 4.39. The number of rotatable bonds is 12. The highest BCUT2D eigenvalue weighted by molar-refractivity contribution is 5.75. The Kier molecular flexibility index (Phi) is 30.5. The minimum atomic E-state index is -0.103. The Balaban J connectivity index is -0.000000544. The summed E-state index contributed by atoms with van der Waals surface area (Å²) in [5.74, 6) is 1.18. The molecule has 0 saturated carbocycles. The molecule has 1 amide bonds. The predicted molar refractivity (Wildman–Crippen MR) is 158 cm³/mol. The monoisotopic (exact) mass is 505 g/mol. The molecule has 0 aromatic carbocycles. The van der Waals surface area contributed by atoms with Crippen molar-refractivity contribution in [3.8, 4) is 0 Å². The first kappa shape index (κ1) is 38.1. The van der Waals surface area contributed by atoms with Crippen molar-refractivity contribution >= 4 is 5.91 Å². The average molecular weight is 506 g/mol. The van der Waals surface area contributed by atoms with Gasteiger partial charge >= 0.3 is 0 Å². The van der Waals surface area contributed by atoms with Gasteiger partial charge in [0.1, 0.15) is 5.76 Å². The summed E-state index contributed by atoms with van der Waals surface area (Å²) in [4.78, 5) is 10.9. The standard InChI is InChI=1S/C15H26N2O2.C10H15NO.C3H8.C2H6/c1-5-15(17-14(4)19)7-6-12(2)10-16-9-8-13(3)11-18;1-11-8-9-4-3-5-10(12-2)7-6-9;1-3-2;1-2/h5-7,13,16,18H,1,8-11H2,2-4H3,(H,17,19);4-7,11H,3,8H2,1-2H3;3H2,1-2H3;1-2H3/b12-6+,15-7+;;;. The summed E-state index contributed by atoms with van der Waals surface area (Å²) in [6.07, 6.45) is 16.9. The van der Waals surface area contributed by atoms with E-state index in [1.54, 1.807) is 13.2 Å². The fraction of sp³-hybridized carbons (Fsp3) is 0.567. The molecule has 1 aliphatic carbocycles. The van der Waals surface area contributed by atoms with Crippen molar-refractivity contribution in [2.24, 2.45) is 5.92 Å². The largest absolute Gasteiger partial charge is 0.497 e. The van der Waals surface area contributed by atoms with Crippen LogP contribution in [0.5, 0.6) is 0 Å². The van der Waals surface area contributed by atoms with E-state index in [1.165, 1.54) is 24.5 Å². The van der Waals surface area contributed by atoms with E-state index in [0.29, 0.717) is 11.6 Å². The van der Waals surface area contributed by atoms with Crippen LogP contribution in [0.3, 0.4) is 0 Å². The summed E-state index contributed by atoms with van der Waals surface area (Å²) in [5, 5.41) is 18.0. The number of aliphatic hydroxyl groups excluding tert-OH is 1. The van der Waals surface area contributed by atoms with Crippen molar-refractivity contribution in [1.82, 2.24) is 16.0 Å². The predicted octanol–water partition coefficient (Wildman–Crippen LogP) is 5.81. The minimum absolute atomic E-state index is 0.103. The average Bonchev–Trinajstić information content (AvgIpc) is 3.11. The first-order valence-electron chi connectivity index (χ1n) is 13.1. The van der Waals surface area contributed by atoms with Crippen LogP contribution in [0.15, 0.2) is 71.7 Å². The van der Waals surface area contributed by atoms with Crippen molar-refractivity contribution in [2.45, 2.75) is 67.7 Å². The van der Waals surface area contributed by atoms with Gasteiger partial charge in [0.2, 0.25) is 5.91 Å². The Bertz CT molecular complexity index is 704. The zero-order chi connectivity index (χ0) is 28.2. The van der Waals surface area contributed by atoms with Crippen LogP contribution in [-0.2, 0) is 9.53 Å². The number of amides is 1. The molecule has 36 heavy (non-hydrogen) atoms. The van der Waals surface area contributed by atoms with E-state index in [2.05, 4.69) is 54.6 Å². The van der Waals surface area contributed by atoms with E-state index in [9.17, 15) is 4.79 Å². The number of ether oxygens (including phenoxy) is 1. The van der Waals surface area contributed by atoms with Gasteiger partial charge in [0.25, 0.3) is 0 Å². The summed E-state index contributed by atoms with van der Waals surface area (Å²) in [5.41, 5.74) is 3.17. The molecule has 1 atom stereocenters. The molecule has 208 valence electrons. The molecule has 0 aliphatic heterocycles. The third kappa shape index (κ3) is 26.2. The lowest BCUT2D eigenvalue weighted by atomic mass is 10.1. The lowest BCUT2D eigenvalue weighted by Gasteiger charge is -2.08. The van der Waals surface area contributed by atoms with E-state index in [4.69, 9.17) is 9.84 Å². The lowest BCUT2D eigenvalue weighted by molar-refractivity contribution is -0.118. The molecule has 0 fully saturated rings. The SMILES string of the molecule is C=C/C(=C\C=C(/C)CNCCC(C)CO)NC(C)=O.CC.CCC.CNCC1=CCC=C(OC)C=C1. The summed E-state index contributed by atoms with van der Waals surface area (Å²) >= 11 is 0. The van der Waals surface area contributed by atoms with Gasteiger partial charge in [-0.25, -0.2) is 0 Å². The normalized spacial score (nSPS) is 13.6. The highest BCUT2D eigenvalue weighted by Crippen LogP contribution is 2.09. The summed E-state index contributed by atoms with van der Waals surface area (Å²) in [6, 6.07) is 0. The number of likely N-dealkylation sites (N-methyl/N-ethyl adjacent to an activating group) is 1. The van der Waals surface area contributed by atoms with Gasteiger partial charge in [0.05, 0.1) is 7.11 Å². The van der Waals surface area contributed by atoms with E-state index in [-0.39, 0.29) is 12.5 Å². The molecule has 0 radical (unpaired) electrons. The fourth-order valence-electron chi connectivity index (χ4n) is 2.52. The van der Waals surface area contributed by atoms with Crippen molar-refractivity contribution < 1.29 is 14.6 Å². The van der Waals surface area contributed by atoms with E-state index >= 15 is 0 Å². The Morgan fingerprint density at radius 1 is 1.19 bits per heavy atom. The van der Waals surface area contributed by atoms with Crippen LogP contribution in [0, 0.1) is 5.92 Å². The van der Waals surface area contributed by atoms with Gasteiger partial charge in [-0.15, -0.1) is 0 Å². The molecule has 0 aromatic heterocycles. The lowest BCUT2D eigenvalue weighted by Crippen LogP contribution is -2.20. The topological polar surface area (TPSA) is 82.6 Å². The van der Waals surface area contributed by atoms with Crippen LogP contribution < -0.4 is 16.0 Å². The maximum atomic E-state index is 10.9. The zero-order valence-corrected chi connectivity index (χ0v) is 24.5. The first-order chi connectivity index (χ1) is 17.3. The molecular weight excluding hydrogens is 450 g/mol. The second-order valence-electron chi connectivity index (χ2n) is 8.17. The summed E-state index contributed by atoms with van der Waals surface area (Å²) in [6.45, 7) is 20.2. The highest BCUT2D eigenvalue weighted by Gasteiger charge is 1.99. The number of carbonyl (C=O) groups is 1. The molecule has 1 unspecified atom stereocenters. The molecular formula is C30H55N3O3. The molecule has 1 rings (SSSR count). The fourth-order valence-corrected chi connectivity index (χ4v) is 2.52.